The van der Waals surface area contributed by atoms with Gasteiger partial charge in [0.15, 0.2) is 0 Å². The number of allylic oxidation sites excluding steroid dienone is 2. The van der Waals surface area contributed by atoms with Crippen molar-refractivity contribution in [2.75, 3.05) is 44.0 Å². The lowest BCUT2D eigenvalue weighted by Gasteiger charge is -2.24. The van der Waals surface area contributed by atoms with Crippen molar-refractivity contribution < 1.29 is 4.74 Å². The molecule has 1 saturated heterocycles. The molecule has 1 atom stereocenters. The van der Waals surface area contributed by atoms with Crippen molar-refractivity contribution in [2.24, 2.45) is 11.8 Å². The third-order valence-electron chi connectivity index (χ3n) is 6.59. The predicted octanol–water partition coefficient (Wildman–Crippen LogP) is 4.45. The minimum absolute atomic E-state index is 0.353. The van der Waals surface area contributed by atoms with Gasteiger partial charge in [-0.15, -0.1) is 0 Å². The van der Waals surface area contributed by atoms with Crippen LogP contribution in [0.2, 0.25) is 0 Å². The van der Waals surface area contributed by atoms with E-state index in [0.29, 0.717) is 17.8 Å². The summed E-state index contributed by atoms with van der Waals surface area (Å²) in [4.78, 5) is 14.2. The summed E-state index contributed by atoms with van der Waals surface area (Å²) >= 11 is 0. The average molecular weight is 418 g/mol. The Morgan fingerprint density at radius 2 is 1.94 bits per heavy atom. The first-order valence-electron chi connectivity index (χ1n) is 11.2. The molecule has 1 fully saturated rings. The largest absolute Gasteiger partial charge is 0.501 e. The molecule has 0 amide bonds. The van der Waals surface area contributed by atoms with Crippen molar-refractivity contribution in [1.82, 2.24) is 14.9 Å². The van der Waals surface area contributed by atoms with E-state index in [0.717, 1.165) is 49.6 Å². The van der Waals surface area contributed by atoms with E-state index < -0.39 is 0 Å². The summed E-state index contributed by atoms with van der Waals surface area (Å²) in [5.74, 6) is 2.71. The third kappa shape index (κ3) is 3.75. The van der Waals surface area contributed by atoms with Crippen LogP contribution in [0, 0.1) is 11.8 Å². The van der Waals surface area contributed by atoms with E-state index in [2.05, 4.69) is 71.5 Å². The van der Waals surface area contributed by atoms with Gasteiger partial charge in [-0.05, 0) is 47.7 Å². The van der Waals surface area contributed by atoms with Crippen LogP contribution in [-0.4, -0.2) is 48.7 Å². The molecule has 6 heteroatoms. The van der Waals surface area contributed by atoms with Gasteiger partial charge < -0.3 is 19.9 Å². The van der Waals surface area contributed by atoms with E-state index >= 15 is 0 Å². The lowest BCUT2D eigenvalue weighted by Crippen LogP contribution is -2.23. The van der Waals surface area contributed by atoms with Crippen LogP contribution in [0.15, 0.2) is 48.0 Å². The molecular formula is C25H31N5O. The molecule has 31 heavy (non-hydrogen) atoms. The van der Waals surface area contributed by atoms with Gasteiger partial charge in [0.25, 0.3) is 0 Å². The molecule has 5 rings (SSSR count). The molecule has 2 aliphatic heterocycles. The Balaban J connectivity index is 1.33. The first kappa shape index (κ1) is 19.9. The van der Waals surface area contributed by atoms with E-state index in [9.17, 15) is 0 Å². The molecule has 3 aliphatic rings. The van der Waals surface area contributed by atoms with Gasteiger partial charge in [-0.2, -0.15) is 0 Å². The number of benzene rings is 1. The molecule has 0 bridgehead atoms. The number of rotatable bonds is 5. The summed E-state index contributed by atoms with van der Waals surface area (Å²) in [5.41, 5.74) is 7.24. The van der Waals surface area contributed by atoms with E-state index in [1.165, 1.54) is 16.8 Å². The fourth-order valence-corrected chi connectivity index (χ4v) is 5.09. The second kappa shape index (κ2) is 7.91. The SMILES string of the molecule is COC1=C(C(C)C)c2nc(Nc3ccc(N4CC5=CN(C)CC5C4)cc3)ncc2CC1. The van der Waals surface area contributed by atoms with Crippen molar-refractivity contribution >= 4 is 22.9 Å². The first-order chi connectivity index (χ1) is 15.0. The Morgan fingerprint density at radius 3 is 2.65 bits per heavy atom. The lowest BCUT2D eigenvalue weighted by molar-refractivity contribution is 0.275. The second-order valence-electron chi connectivity index (χ2n) is 9.16. The van der Waals surface area contributed by atoms with Crippen LogP contribution < -0.4 is 10.2 Å². The Hall–Kier alpha value is -3.02. The van der Waals surface area contributed by atoms with Crippen LogP contribution in [0.1, 0.15) is 31.5 Å². The maximum absolute atomic E-state index is 5.66. The molecule has 2 aromatic rings. The van der Waals surface area contributed by atoms with Crippen molar-refractivity contribution in [3.05, 3.63) is 59.3 Å². The van der Waals surface area contributed by atoms with E-state index in [1.807, 2.05) is 6.20 Å². The molecule has 162 valence electrons. The van der Waals surface area contributed by atoms with Crippen LogP contribution in [0.4, 0.5) is 17.3 Å². The standard InChI is InChI=1S/C25H31N5O/c1-16(2)23-22(31-4)10-5-17-11-26-25(28-24(17)23)27-20-6-8-21(9-7-20)30-14-18-12-29(3)13-19(18)15-30/h6-9,11-12,16,19H,5,10,13-15H2,1-4H3,(H,26,27,28). The molecule has 0 spiro atoms. The number of anilines is 3. The zero-order valence-electron chi connectivity index (χ0n) is 18.9. The van der Waals surface area contributed by atoms with E-state index in [-0.39, 0.29) is 0 Å². The summed E-state index contributed by atoms with van der Waals surface area (Å²) in [5, 5.41) is 3.39. The molecule has 0 saturated carbocycles. The highest BCUT2D eigenvalue weighted by molar-refractivity contribution is 5.71. The zero-order chi connectivity index (χ0) is 21.5. The number of aryl methyl sites for hydroxylation is 1. The van der Waals surface area contributed by atoms with Crippen molar-refractivity contribution in [3.63, 3.8) is 0 Å². The zero-order valence-corrected chi connectivity index (χ0v) is 18.9. The lowest BCUT2D eigenvalue weighted by atomic mass is 9.88. The molecule has 1 aromatic carbocycles. The minimum atomic E-state index is 0.353. The molecule has 1 aromatic heterocycles. The van der Waals surface area contributed by atoms with Crippen LogP contribution in [0.5, 0.6) is 0 Å². The van der Waals surface area contributed by atoms with Gasteiger partial charge in [-0.25, -0.2) is 9.97 Å². The highest BCUT2D eigenvalue weighted by Gasteiger charge is 2.32. The van der Waals surface area contributed by atoms with Crippen molar-refractivity contribution in [3.8, 4) is 0 Å². The van der Waals surface area contributed by atoms with Gasteiger partial charge in [0.2, 0.25) is 5.95 Å². The predicted molar refractivity (Wildman–Crippen MR) is 125 cm³/mol. The summed E-state index contributed by atoms with van der Waals surface area (Å²) in [6.07, 6.45) is 6.11. The first-order valence-corrected chi connectivity index (χ1v) is 11.2. The Bertz CT molecular complexity index is 1040. The summed E-state index contributed by atoms with van der Waals surface area (Å²) in [6.45, 7) is 7.65. The van der Waals surface area contributed by atoms with Gasteiger partial charge in [-0.3, -0.25) is 0 Å². The van der Waals surface area contributed by atoms with Gasteiger partial charge in [0, 0.05) is 68.4 Å². The van der Waals surface area contributed by atoms with Crippen LogP contribution in [0.3, 0.4) is 0 Å². The van der Waals surface area contributed by atoms with E-state index in [1.54, 1.807) is 12.7 Å². The number of hydrogen-bond acceptors (Lipinski definition) is 6. The van der Waals surface area contributed by atoms with Gasteiger partial charge in [0.1, 0.15) is 5.76 Å². The number of aromatic nitrogens is 2. The summed E-state index contributed by atoms with van der Waals surface area (Å²) in [7, 11) is 3.92. The Kier molecular flexibility index (Phi) is 5.08. The number of ether oxygens (including phenoxy) is 1. The molecule has 1 N–H and O–H groups in total. The monoisotopic (exact) mass is 417 g/mol. The molecule has 3 heterocycles. The molecule has 1 aliphatic carbocycles. The molecular weight excluding hydrogens is 386 g/mol. The van der Waals surface area contributed by atoms with Gasteiger partial charge >= 0.3 is 0 Å². The van der Waals surface area contributed by atoms with Gasteiger partial charge in [-0.1, -0.05) is 13.8 Å². The smallest absolute Gasteiger partial charge is 0.227 e. The summed E-state index contributed by atoms with van der Waals surface area (Å²) < 4.78 is 5.66. The fraction of sp³-hybridized carbons (Fsp3) is 0.440. The fourth-order valence-electron chi connectivity index (χ4n) is 5.09. The van der Waals surface area contributed by atoms with Crippen molar-refractivity contribution in [1.29, 1.82) is 0 Å². The van der Waals surface area contributed by atoms with Crippen molar-refractivity contribution in [2.45, 2.75) is 26.7 Å². The van der Waals surface area contributed by atoms with Crippen LogP contribution in [0.25, 0.3) is 5.57 Å². The topological polar surface area (TPSA) is 53.5 Å². The quantitative estimate of drug-likeness (QED) is 0.776. The average Bonchev–Trinajstić information content (AvgIpc) is 3.30. The molecule has 6 nitrogen and oxygen atoms in total. The highest BCUT2D eigenvalue weighted by atomic mass is 16.5. The van der Waals surface area contributed by atoms with Crippen LogP contribution >= 0.6 is 0 Å². The highest BCUT2D eigenvalue weighted by Crippen LogP contribution is 2.36. The number of fused-ring (bicyclic) bond motifs is 2. The Morgan fingerprint density at radius 1 is 1.13 bits per heavy atom. The minimum Gasteiger partial charge on any atom is -0.501 e. The number of nitrogens with one attached hydrogen (secondary N) is 1. The number of methoxy groups -OCH3 is 1. The number of hydrogen-bond donors (Lipinski definition) is 1. The normalized spacial score (nSPS) is 20.2. The Labute approximate surface area is 184 Å². The van der Waals surface area contributed by atoms with Gasteiger partial charge in [0.05, 0.1) is 12.8 Å². The maximum Gasteiger partial charge on any atom is 0.227 e. The maximum atomic E-state index is 5.66. The number of nitrogens with zero attached hydrogens (tertiary/aromatic N) is 4. The van der Waals surface area contributed by atoms with Crippen LogP contribution in [-0.2, 0) is 11.2 Å². The van der Waals surface area contributed by atoms with E-state index in [4.69, 9.17) is 9.72 Å². The molecule has 0 radical (unpaired) electrons. The third-order valence-corrected chi connectivity index (χ3v) is 6.59. The summed E-state index contributed by atoms with van der Waals surface area (Å²) in [6, 6.07) is 8.61. The second-order valence-corrected chi connectivity index (χ2v) is 9.16. The molecule has 1 unspecified atom stereocenters.